The summed E-state index contributed by atoms with van der Waals surface area (Å²) in [7, 11) is -4.07. The number of hydrogen-bond acceptors (Lipinski definition) is 5. The third kappa shape index (κ3) is 4.21. The van der Waals surface area contributed by atoms with Crippen LogP contribution in [0.5, 0.6) is 0 Å². The summed E-state index contributed by atoms with van der Waals surface area (Å²) in [6.45, 7) is 1.57. The van der Waals surface area contributed by atoms with Gasteiger partial charge in [-0.15, -0.1) is 11.3 Å². The average molecular weight is 406 g/mol. The van der Waals surface area contributed by atoms with Crippen LogP contribution in [0.25, 0.3) is 0 Å². The highest BCUT2D eigenvalue weighted by Gasteiger charge is 2.26. The molecule has 1 unspecified atom stereocenters. The van der Waals surface area contributed by atoms with Crippen LogP contribution in [0.1, 0.15) is 22.0 Å². The molecule has 0 amide bonds. The minimum Gasteiger partial charge on any atom is -0.258 e. The molecule has 2 aromatic carbocycles. The highest BCUT2D eigenvalue weighted by atomic mass is 32.2. The molecule has 0 aliphatic rings. The Kier molecular flexibility index (Phi) is 5.36. The largest absolute Gasteiger partial charge is 0.270 e. The number of nitrogens with one attached hydrogen (secondary N) is 1. The van der Waals surface area contributed by atoms with E-state index in [9.17, 15) is 22.9 Å². The second-order valence-corrected chi connectivity index (χ2v) is 8.49. The van der Waals surface area contributed by atoms with E-state index in [0.717, 1.165) is 6.07 Å². The van der Waals surface area contributed by atoms with Gasteiger partial charge in [0.2, 0.25) is 10.0 Å². The molecule has 0 saturated heterocycles. The number of nitrogens with zero attached hydrogens (tertiary/aromatic N) is 1. The summed E-state index contributed by atoms with van der Waals surface area (Å²) >= 11 is 1.35. The minimum atomic E-state index is -4.07. The molecule has 0 spiro atoms. The molecule has 140 valence electrons. The summed E-state index contributed by atoms with van der Waals surface area (Å²) in [5.74, 6) is -0.430. The van der Waals surface area contributed by atoms with E-state index in [4.69, 9.17) is 0 Å². The molecule has 1 atom stereocenters. The van der Waals surface area contributed by atoms with Crippen molar-refractivity contribution in [2.45, 2.75) is 17.9 Å². The Morgan fingerprint density at radius 3 is 2.44 bits per heavy atom. The second kappa shape index (κ2) is 7.55. The fourth-order valence-electron chi connectivity index (χ4n) is 2.61. The normalized spacial score (nSPS) is 12.7. The zero-order chi connectivity index (χ0) is 19.6. The summed E-state index contributed by atoms with van der Waals surface area (Å²) in [4.78, 5) is 10.9. The number of aryl methyl sites for hydroxylation is 1. The van der Waals surface area contributed by atoms with Crippen LogP contribution in [0.3, 0.4) is 0 Å². The highest BCUT2D eigenvalue weighted by molar-refractivity contribution is 7.89. The Hall–Kier alpha value is -2.62. The summed E-state index contributed by atoms with van der Waals surface area (Å²) < 4.78 is 41.8. The standard InChI is InChI=1S/C18H15FN2O4S2/c1-12-4-9-15(21(22)23)11-17(12)27(24,25)20-18(16-3-2-10-26-16)13-5-7-14(19)8-6-13/h2-11,18,20H,1H3. The van der Waals surface area contributed by atoms with Crippen molar-refractivity contribution in [3.8, 4) is 0 Å². The molecule has 9 heteroatoms. The lowest BCUT2D eigenvalue weighted by atomic mass is 10.1. The first-order valence-electron chi connectivity index (χ1n) is 7.84. The second-order valence-electron chi connectivity index (χ2n) is 5.83. The van der Waals surface area contributed by atoms with Gasteiger partial charge in [-0.2, -0.15) is 4.72 Å². The molecule has 0 fully saturated rings. The van der Waals surface area contributed by atoms with E-state index in [1.807, 2.05) is 0 Å². The lowest BCUT2D eigenvalue weighted by Crippen LogP contribution is -2.29. The van der Waals surface area contributed by atoms with Gasteiger partial charge in [-0.05, 0) is 41.6 Å². The number of thiophene rings is 1. The smallest absolute Gasteiger partial charge is 0.258 e. The molecule has 1 heterocycles. The zero-order valence-corrected chi connectivity index (χ0v) is 15.8. The van der Waals surface area contributed by atoms with Gasteiger partial charge in [0.25, 0.3) is 5.69 Å². The van der Waals surface area contributed by atoms with Crippen molar-refractivity contribution < 1.29 is 17.7 Å². The van der Waals surface area contributed by atoms with E-state index in [0.29, 0.717) is 16.0 Å². The summed E-state index contributed by atoms with van der Waals surface area (Å²) in [5, 5.41) is 12.8. The third-order valence-corrected chi connectivity index (χ3v) is 6.48. The van der Waals surface area contributed by atoms with Crippen molar-refractivity contribution in [2.24, 2.45) is 0 Å². The first kappa shape index (κ1) is 19.2. The quantitative estimate of drug-likeness (QED) is 0.491. The lowest BCUT2D eigenvalue weighted by Gasteiger charge is -2.19. The number of halogens is 1. The molecule has 1 N–H and O–H groups in total. The highest BCUT2D eigenvalue weighted by Crippen LogP contribution is 2.29. The minimum absolute atomic E-state index is 0.166. The van der Waals surface area contributed by atoms with Crippen molar-refractivity contribution in [1.29, 1.82) is 0 Å². The zero-order valence-electron chi connectivity index (χ0n) is 14.1. The van der Waals surface area contributed by atoms with Gasteiger partial charge >= 0.3 is 0 Å². The molecule has 0 radical (unpaired) electrons. The molecular weight excluding hydrogens is 391 g/mol. The Morgan fingerprint density at radius 1 is 1.15 bits per heavy atom. The molecule has 1 aromatic heterocycles. The maximum absolute atomic E-state index is 13.3. The van der Waals surface area contributed by atoms with E-state index in [1.165, 1.54) is 47.7 Å². The third-order valence-electron chi connectivity index (χ3n) is 3.98. The molecule has 0 aliphatic carbocycles. The van der Waals surface area contributed by atoms with Crippen LogP contribution in [-0.4, -0.2) is 13.3 Å². The number of benzene rings is 2. The molecular formula is C18H15FN2O4S2. The van der Waals surface area contributed by atoms with Crippen LogP contribution < -0.4 is 4.72 Å². The Balaban J connectivity index is 2.04. The Bertz CT molecular complexity index is 1070. The van der Waals surface area contributed by atoms with Gasteiger partial charge in [0.15, 0.2) is 0 Å². The maximum atomic E-state index is 13.3. The van der Waals surface area contributed by atoms with Gasteiger partial charge in [-0.3, -0.25) is 10.1 Å². The summed E-state index contributed by atoms with van der Waals surface area (Å²) in [6, 6.07) is 12.0. The van der Waals surface area contributed by atoms with Crippen molar-refractivity contribution >= 4 is 27.0 Å². The molecule has 27 heavy (non-hydrogen) atoms. The van der Waals surface area contributed by atoms with Crippen molar-refractivity contribution in [2.75, 3.05) is 0 Å². The SMILES string of the molecule is Cc1ccc([N+](=O)[O-])cc1S(=O)(=O)NC(c1ccc(F)cc1)c1cccs1. The van der Waals surface area contributed by atoms with E-state index in [2.05, 4.69) is 4.72 Å². The van der Waals surface area contributed by atoms with Crippen LogP contribution in [0.15, 0.2) is 64.9 Å². The van der Waals surface area contributed by atoms with Gasteiger partial charge in [-0.25, -0.2) is 12.8 Å². The van der Waals surface area contributed by atoms with Crippen LogP contribution in [0.2, 0.25) is 0 Å². The van der Waals surface area contributed by atoms with Gasteiger partial charge < -0.3 is 0 Å². The fourth-order valence-corrected chi connectivity index (χ4v) is 4.96. The lowest BCUT2D eigenvalue weighted by molar-refractivity contribution is -0.385. The summed E-state index contributed by atoms with van der Waals surface area (Å²) in [5.41, 5.74) is 0.637. The van der Waals surface area contributed by atoms with Gasteiger partial charge in [0.1, 0.15) is 5.82 Å². The molecule has 3 rings (SSSR count). The molecule has 6 nitrogen and oxygen atoms in total. The Morgan fingerprint density at radius 2 is 1.85 bits per heavy atom. The number of nitro benzene ring substituents is 1. The van der Waals surface area contributed by atoms with Gasteiger partial charge in [0.05, 0.1) is 15.9 Å². The first-order chi connectivity index (χ1) is 12.8. The van der Waals surface area contributed by atoms with Crippen molar-refractivity contribution in [3.05, 3.63) is 91.9 Å². The van der Waals surface area contributed by atoms with Crippen molar-refractivity contribution in [3.63, 3.8) is 0 Å². The monoisotopic (exact) mass is 406 g/mol. The number of hydrogen-bond donors (Lipinski definition) is 1. The predicted octanol–water partition coefficient (Wildman–Crippen LogP) is 4.17. The van der Waals surface area contributed by atoms with Crippen LogP contribution >= 0.6 is 11.3 Å². The molecule has 3 aromatic rings. The van der Waals surface area contributed by atoms with E-state index in [1.54, 1.807) is 24.4 Å². The molecule has 0 aliphatic heterocycles. The summed E-state index contributed by atoms with van der Waals surface area (Å²) in [6.07, 6.45) is 0. The Labute approximate surface area is 159 Å². The van der Waals surface area contributed by atoms with Crippen molar-refractivity contribution in [1.82, 2.24) is 4.72 Å². The molecule has 0 saturated carbocycles. The maximum Gasteiger partial charge on any atom is 0.270 e. The van der Waals surface area contributed by atoms with Crippen LogP contribution in [0.4, 0.5) is 10.1 Å². The number of non-ortho nitro benzene ring substituents is 1. The average Bonchev–Trinajstić information content (AvgIpc) is 3.15. The topological polar surface area (TPSA) is 89.3 Å². The van der Waals surface area contributed by atoms with Gasteiger partial charge in [0, 0.05) is 17.0 Å². The first-order valence-corrected chi connectivity index (χ1v) is 10.2. The fraction of sp³-hybridized carbons (Fsp3) is 0.111. The van der Waals surface area contributed by atoms with Crippen LogP contribution in [-0.2, 0) is 10.0 Å². The molecule has 0 bridgehead atoms. The van der Waals surface area contributed by atoms with E-state index < -0.39 is 26.8 Å². The number of nitro groups is 1. The number of rotatable bonds is 6. The van der Waals surface area contributed by atoms with Crippen LogP contribution in [0, 0.1) is 22.9 Å². The predicted molar refractivity (Wildman–Crippen MR) is 101 cm³/mol. The van der Waals surface area contributed by atoms with E-state index >= 15 is 0 Å². The van der Waals surface area contributed by atoms with E-state index in [-0.39, 0.29) is 10.6 Å². The number of sulfonamides is 1. The van der Waals surface area contributed by atoms with Gasteiger partial charge in [-0.1, -0.05) is 24.3 Å².